The summed E-state index contributed by atoms with van der Waals surface area (Å²) in [5.74, 6) is 0. The van der Waals surface area contributed by atoms with Crippen molar-refractivity contribution < 1.29 is 0 Å². The number of hydrogen-bond donors (Lipinski definition) is 0. The van der Waals surface area contributed by atoms with Crippen molar-refractivity contribution in [2.75, 3.05) is 4.90 Å². The van der Waals surface area contributed by atoms with Crippen LogP contribution in [0.5, 0.6) is 0 Å². The number of rotatable bonds is 5. The van der Waals surface area contributed by atoms with Crippen LogP contribution in [-0.2, 0) is 0 Å². The van der Waals surface area contributed by atoms with Gasteiger partial charge in [-0.1, -0.05) is 164 Å². The van der Waals surface area contributed by atoms with E-state index in [0.29, 0.717) is 0 Å². The van der Waals surface area contributed by atoms with Gasteiger partial charge in [0.2, 0.25) is 0 Å². The Morgan fingerprint density at radius 1 is 0.235 bits per heavy atom. The molecule has 0 aromatic heterocycles. The molecule has 51 heavy (non-hydrogen) atoms. The zero-order valence-electron chi connectivity index (χ0n) is 28.0. The van der Waals surface area contributed by atoms with Gasteiger partial charge < -0.3 is 4.90 Å². The lowest BCUT2D eigenvalue weighted by atomic mass is 9.94. The molecule has 0 unspecified atom stereocenters. The molecule has 0 aliphatic rings. The van der Waals surface area contributed by atoms with Gasteiger partial charge in [-0.2, -0.15) is 0 Å². The fraction of sp³-hybridized carbons (Fsp3) is 0. The fourth-order valence-corrected chi connectivity index (χ4v) is 7.90. The van der Waals surface area contributed by atoms with Gasteiger partial charge in [-0.3, -0.25) is 0 Å². The highest BCUT2D eigenvalue weighted by atomic mass is 15.1. The van der Waals surface area contributed by atoms with Gasteiger partial charge >= 0.3 is 0 Å². The maximum Gasteiger partial charge on any atom is 0.0546 e. The summed E-state index contributed by atoms with van der Waals surface area (Å²) in [5, 5.41) is 12.7. The summed E-state index contributed by atoms with van der Waals surface area (Å²) < 4.78 is 0. The van der Waals surface area contributed by atoms with Crippen molar-refractivity contribution in [1.82, 2.24) is 0 Å². The first-order chi connectivity index (χ1) is 25.3. The van der Waals surface area contributed by atoms with E-state index in [-0.39, 0.29) is 0 Å². The van der Waals surface area contributed by atoms with Crippen molar-refractivity contribution in [3.63, 3.8) is 0 Å². The van der Waals surface area contributed by atoms with Crippen LogP contribution in [0.3, 0.4) is 0 Å². The van der Waals surface area contributed by atoms with E-state index < -0.39 is 0 Å². The Morgan fingerprint density at radius 3 is 1.53 bits per heavy atom. The summed E-state index contributed by atoms with van der Waals surface area (Å²) >= 11 is 0. The van der Waals surface area contributed by atoms with Crippen molar-refractivity contribution in [2.24, 2.45) is 0 Å². The first-order valence-corrected chi connectivity index (χ1v) is 17.6. The van der Waals surface area contributed by atoms with Crippen LogP contribution in [0.2, 0.25) is 0 Å². The van der Waals surface area contributed by atoms with Crippen molar-refractivity contribution in [2.45, 2.75) is 0 Å². The molecule has 0 aliphatic carbocycles. The molecular formula is C50H33N. The van der Waals surface area contributed by atoms with Gasteiger partial charge in [0.05, 0.1) is 5.69 Å². The van der Waals surface area contributed by atoms with E-state index in [0.717, 1.165) is 17.1 Å². The number of fused-ring (bicyclic) bond motifs is 8. The third-order valence-electron chi connectivity index (χ3n) is 10.4. The average molecular weight is 648 g/mol. The molecule has 0 aliphatic heterocycles. The minimum Gasteiger partial charge on any atom is -0.310 e. The van der Waals surface area contributed by atoms with E-state index in [9.17, 15) is 0 Å². The third-order valence-corrected chi connectivity index (χ3v) is 10.4. The van der Waals surface area contributed by atoms with Crippen molar-refractivity contribution in [3.8, 4) is 22.3 Å². The van der Waals surface area contributed by atoms with Crippen LogP contribution in [0.4, 0.5) is 17.1 Å². The van der Waals surface area contributed by atoms with Crippen LogP contribution < -0.4 is 4.90 Å². The van der Waals surface area contributed by atoms with Crippen molar-refractivity contribution >= 4 is 70.9 Å². The molecular weight excluding hydrogens is 615 g/mol. The molecule has 0 bridgehead atoms. The Hall–Kier alpha value is -6.70. The Balaban J connectivity index is 1.13. The van der Waals surface area contributed by atoms with Gasteiger partial charge in [0.25, 0.3) is 0 Å². The van der Waals surface area contributed by atoms with Gasteiger partial charge in [-0.05, 0) is 107 Å². The van der Waals surface area contributed by atoms with Crippen LogP contribution in [0.15, 0.2) is 200 Å². The minimum absolute atomic E-state index is 1.11. The summed E-state index contributed by atoms with van der Waals surface area (Å²) in [6.07, 6.45) is 0. The quantitative estimate of drug-likeness (QED) is 0.168. The fourth-order valence-electron chi connectivity index (χ4n) is 7.90. The third kappa shape index (κ3) is 5.02. The maximum absolute atomic E-state index is 2.42. The number of nitrogens with zero attached hydrogens (tertiary/aromatic N) is 1. The smallest absolute Gasteiger partial charge is 0.0546 e. The summed E-state index contributed by atoms with van der Waals surface area (Å²) in [4.78, 5) is 2.42. The molecule has 0 spiro atoms. The molecule has 1 nitrogen and oxygen atoms in total. The lowest BCUT2D eigenvalue weighted by Crippen LogP contribution is -2.10. The molecule has 0 N–H and O–H groups in total. The number of benzene rings is 10. The first kappa shape index (κ1) is 29.2. The number of hydrogen-bond acceptors (Lipinski definition) is 1. The Labute approximate surface area is 297 Å². The average Bonchev–Trinajstić information content (AvgIpc) is 3.21. The van der Waals surface area contributed by atoms with E-state index in [1.807, 2.05) is 0 Å². The maximum atomic E-state index is 2.42. The van der Waals surface area contributed by atoms with Crippen LogP contribution in [0.1, 0.15) is 0 Å². The van der Waals surface area contributed by atoms with Gasteiger partial charge in [0, 0.05) is 16.8 Å². The molecule has 10 aromatic carbocycles. The van der Waals surface area contributed by atoms with E-state index >= 15 is 0 Å². The highest BCUT2D eigenvalue weighted by Crippen LogP contribution is 2.43. The van der Waals surface area contributed by atoms with E-state index in [2.05, 4.69) is 205 Å². The highest BCUT2D eigenvalue weighted by molar-refractivity contribution is 6.18. The molecule has 238 valence electrons. The normalized spacial score (nSPS) is 11.5. The Kier molecular flexibility index (Phi) is 6.89. The molecule has 0 saturated heterocycles. The summed E-state index contributed by atoms with van der Waals surface area (Å²) in [6, 6.07) is 73.1. The molecule has 0 saturated carbocycles. The van der Waals surface area contributed by atoms with Crippen molar-refractivity contribution in [1.29, 1.82) is 0 Å². The lowest BCUT2D eigenvalue weighted by Gasteiger charge is -2.28. The second-order valence-electron chi connectivity index (χ2n) is 13.3. The van der Waals surface area contributed by atoms with Gasteiger partial charge in [0.15, 0.2) is 0 Å². The van der Waals surface area contributed by atoms with Crippen LogP contribution in [0, 0.1) is 0 Å². The second kappa shape index (κ2) is 12.0. The summed E-state index contributed by atoms with van der Waals surface area (Å²) in [6.45, 7) is 0. The first-order valence-electron chi connectivity index (χ1n) is 17.6. The predicted octanol–water partition coefficient (Wildman–Crippen LogP) is 14.3. The molecule has 0 heterocycles. The molecule has 10 rings (SSSR count). The monoisotopic (exact) mass is 647 g/mol. The Morgan fingerprint density at radius 2 is 0.745 bits per heavy atom. The van der Waals surface area contributed by atoms with Crippen LogP contribution in [0.25, 0.3) is 76.1 Å². The zero-order chi connectivity index (χ0) is 33.7. The highest BCUT2D eigenvalue weighted by Gasteiger charge is 2.18. The van der Waals surface area contributed by atoms with Crippen LogP contribution in [-0.4, -0.2) is 0 Å². The minimum atomic E-state index is 1.11. The van der Waals surface area contributed by atoms with Gasteiger partial charge in [-0.15, -0.1) is 0 Å². The number of anilines is 3. The topological polar surface area (TPSA) is 3.24 Å². The van der Waals surface area contributed by atoms with Gasteiger partial charge in [-0.25, -0.2) is 0 Å². The predicted molar refractivity (Wildman–Crippen MR) is 220 cm³/mol. The van der Waals surface area contributed by atoms with E-state index in [1.165, 1.54) is 76.1 Å². The van der Waals surface area contributed by atoms with Crippen molar-refractivity contribution in [3.05, 3.63) is 200 Å². The van der Waals surface area contributed by atoms with Gasteiger partial charge in [0.1, 0.15) is 0 Å². The lowest BCUT2D eigenvalue weighted by molar-refractivity contribution is 1.30. The zero-order valence-corrected chi connectivity index (χ0v) is 28.0. The van der Waals surface area contributed by atoms with E-state index in [4.69, 9.17) is 0 Å². The molecule has 0 fully saturated rings. The molecule has 0 atom stereocenters. The molecule has 0 amide bonds. The van der Waals surface area contributed by atoms with Crippen LogP contribution >= 0.6 is 0 Å². The summed E-state index contributed by atoms with van der Waals surface area (Å²) in [7, 11) is 0. The molecule has 0 radical (unpaired) electrons. The Bertz CT molecular complexity index is 2900. The standard InChI is InChI=1S/C50H33N/c1-2-11-34(12-3-1)38-15-10-16-42(31-38)51(50-33-40-14-5-7-18-44(40)45-19-8-9-20-48(45)50)41-27-23-35(24-28-41)39-22-21-37-26-29-46-43-17-6-4-13-36(43)25-30-47(46)49(37)32-39/h1-33H. The molecule has 1 heteroatoms. The molecule has 10 aromatic rings. The second-order valence-corrected chi connectivity index (χ2v) is 13.3. The largest absolute Gasteiger partial charge is 0.310 e. The summed E-state index contributed by atoms with van der Waals surface area (Å²) in [5.41, 5.74) is 8.19. The van der Waals surface area contributed by atoms with E-state index in [1.54, 1.807) is 0 Å². The SMILES string of the molecule is c1ccc(-c2cccc(N(c3ccc(-c4ccc5ccc6c7ccccc7ccc6c5c4)cc3)c3cc4ccccc4c4ccccc34)c2)cc1.